The summed E-state index contributed by atoms with van der Waals surface area (Å²) >= 11 is 0. The van der Waals surface area contributed by atoms with E-state index in [9.17, 15) is 9.59 Å². The molecular weight excluding hydrogens is 270 g/mol. The normalized spacial score (nSPS) is 23.5. The number of ether oxygens (including phenoxy) is 2. The van der Waals surface area contributed by atoms with Crippen LogP contribution >= 0.6 is 12.4 Å². The smallest absolute Gasteiger partial charge is 0.325 e. The predicted molar refractivity (Wildman–Crippen MR) is 72.1 cm³/mol. The Hall–Kier alpha value is -0.810. The second kappa shape index (κ2) is 6.09. The van der Waals surface area contributed by atoms with Crippen LogP contribution in [0.1, 0.15) is 32.1 Å². The van der Waals surface area contributed by atoms with Crippen LogP contribution in [0, 0.1) is 10.8 Å². The molecule has 1 saturated carbocycles. The molecule has 2 aliphatic rings. The van der Waals surface area contributed by atoms with Crippen molar-refractivity contribution in [2.45, 2.75) is 32.1 Å². The van der Waals surface area contributed by atoms with E-state index in [1.807, 2.05) is 0 Å². The molecule has 2 fully saturated rings. The first-order chi connectivity index (χ1) is 8.63. The average Bonchev–Trinajstić information content (AvgIpc) is 2.77. The Morgan fingerprint density at radius 3 is 1.95 bits per heavy atom. The summed E-state index contributed by atoms with van der Waals surface area (Å²) in [5.41, 5.74) is -1.48. The van der Waals surface area contributed by atoms with Crippen LogP contribution in [0.15, 0.2) is 0 Å². The van der Waals surface area contributed by atoms with Crippen LogP contribution < -0.4 is 5.32 Å². The van der Waals surface area contributed by atoms with Crippen LogP contribution in [0.3, 0.4) is 0 Å². The molecule has 1 N–H and O–H groups in total. The molecule has 0 aromatic carbocycles. The minimum atomic E-state index is -1.16. The van der Waals surface area contributed by atoms with E-state index < -0.39 is 17.4 Å². The van der Waals surface area contributed by atoms with E-state index >= 15 is 0 Å². The summed E-state index contributed by atoms with van der Waals surface area (Å²) in [6, 6.07) is 0. The number of hydrogen-bond acceptors (Lipinski definition) is 5. The lowest BCUT2D eigenvalue weighted by molar-refractivity contribution is -0.178. The highest BCUT2D eigenvalue weighted by molar-refractivity contribution is 6.02. The molecule has 1 aliphatic heterocycles. The second-order valence-electron chi connectivity index (χ2n) is 5.33. The molecule has 5 nitrogen and oxygen atoms in total. The minimum absolute atomic E-state index is 0. The van der Waals surface area contributed by atoms with E-state index in [0.29, 0.717) is 13.1 Å². The van der Waals surface area contributed by atoms with Crippen molar-refractivity contribution in [1.29, 1.82) is 0 Å². The average molecular weight is 292 g/mol. The second-order valence-corrected chi connectivity index (χ2v) is 5.33. The first-order valence-corrected chi connectivity index (χ1v) is 6.50. The molecule has 0 aromatic rings. The lowest BCUT2D eigenvalue weighted by atomic mass is 9.58. The SMILES string of the molecule is COC(=O)C1(C(=O)OC)CNCC12CCCCC2.Cl. The summed E-state index contributed by atoms with van der Waals surface area (Å²) in [7, 11) is 2.67. The molecule has 1 spiro atoms. The Morgan fingerprint density at radius 1 is 0.947 bits per heavy atom. The highest BCUT2D eigenvalue weighted by Gasteiger charge is 2.65. The van der Waals surface area contributed by atoms with Gasteiger partial charge in [0, 0.05) is 18.5 Å². The van der Waals surface area contributed by atoms with E-state index in [4.69, 9.17) is 9.47 Å². The summed E-state index contributed by atoms with van der Waals surface area (Å²) in [6.07, 6.45) is 5.03. The zero-order valence-electron chi connectivity index (χ0n) is 11.5. The zero-order valence-corrected chi connectivity index (χ0v) is 12.3. The molecule has 0 atom stereocenters. The number of esters is 2. The summed E-state index contributed by atoms with van der Waals surface area (Å²) in [6.45, 7) is 1.02. The number of hydrogen-bond donors (Lipinski definition) is 1. The number of rotatable bonds is 2. The molecule has 0 radical (unpaired) electrons. The Kier molecular flexibility index (Phi) is 5.21. The topological polar surface area (TPSA) is 64.6 Å². The van der Waals surface area contributed by atoms with Crippen molar-refractivity contribution in [1.82, 2.24) is 5.32 Å². The molecule has 1 heterocycles. The molecule has 2 rings (SSSR count). The number of methoxy groups -OCH3 is 2. The van der Waals surface area contributed by atoms with Crippen molar-refractivity contribution in [3.63, 3.8) is 0 Å². The molecule has 1 aliphatic carbocycles. The van der Waals surface area contributed by atoms with Gasteiger partial charge in [-0.15, -0.1) is 12.4 Å². The largest absolute Gasteiger partial charge is 0.468 e. The summed E-state index contributed by atoms with van der Waals surface area (Å²) in [5, 5.41) is 3.20. The molecule has 6 heteroatoms. The van der Waals surface area contributed by atoms with E-state index in [1.165, 1.54) is 20.6 Å². The zero-order chi connectivity index (χ0) is 13.2. The van der Waals surface area contributed by atoms with Crippen LogP contribution in [-0.2, 0) is 19.1 Å². The van der Waals surface area contributed by atoms with Crippen molar-refractivity contribution in [3.8, 4) is 0 Å². The maximum absolute atomic E-state index is 12.2. The maximum Gasteiger partial charge on any atom is 0.325 e. The van der Waals surface area contributed by atoms with Crippen molar-refractivity contribution in [2.24, 2.45) is 10.8 Å². The van der Waals surface area contributed by atoms with Gasteiger partial charge in [-0.3, -0.25) is 9.59 Å². The fourth-order valence-corrected chi connectivity index (χ4v) is 3.67. The van der Waals surface area contributed by atoms with E-state index in [1.54, 1.807) is 0 Å². The molecule has 1 saturated heterocycles. The third kappa shape index (κ3) is 2.23. The van der Waals surface area contributed by atoms with E-state index in [0.717, 1.165) is 25.7 Å². The lowest BCUT2D eigenvalue weighted by Crippen LogP contribution is -2.54. The van der Waals surface area contributed by atoms with Gasteiger partial charge in [-0.25, -0.2) is 0 Å². The number of nitrogens with one attached hydrogen (secondary N) is 1. The van der Waals surface area contributed by atoms with Crippen molar-refractivity contribution in [2.75, 3.05) is 27.3 Å². The van der Waals surface area contributed by atoms with Crippen LogP contribution in [0.5, 0.6) is 0 Å². The summed E-state index contributed by atoms with van der Waals surface area (Å²) < 4.78 is 9.82. The molecule has 0 bridgehead atoms. The van der Waals surface area contributed by atoms with Gasteiger partial charge in [0.15, 0.2) is 5.41 Å². The first kappa shape index (κ1) is 16.2. The standard InChI is InChI=1S/C13H21NO4.ClH/c1-17-10(15)13(11(16)18-2)9-14-8-12(13)6-4-3-5-7-12;/h14H,3-9H2,1-2H3;1H. The van der Waals surface area contributed by atoms with Crippen LogP contribution in [0.2, 0.25) is 0 Å². The monoisotopic (exact) mass is 291 g/mol. The molecule has 19 heavy (non-hydrogen) atoms. The Labute approximate surface area is 119 Å². The third-order valence-corrected chi connectivity index (χ3v) is 4.64. The highest BCUT2D eigenvalue weighted by Crippen LogP contribution is 2.53. The van der Waals surface area contributed by atoms with Gasteiger partial charge in [-0.05, 0) is 12.8 Å². The Morgan fingerprint density at radius 2 is 1.47 bits per heavy atom. The van der Waals surface area contributed by atoms with Gasteiger partial charge in [0.1, 0.15) is 0 Å². The molecule has 0 aromatic heterocycles. The molecular formula is C13H22ClNO4. The van der Waals surface area contributed by atoms with Gasteiger partial charge >= 0.3 is 11.9 Å². The highest BCUT2D eigenvalue weighted by atomic mass is 35.5. The Bertz CT molecular complexity index is 337. The fraction of sp³-hybridized carbons (Fsp3) is 0.846. The number of halogens is 1. The molecule has 0 unspecified atom stereocenters. The molecule has 110 valence electrons. The van der Waals surface area contributed by atoms with Crippen molar-refractivity contribution >= 4 is 24.3 Å². The van der Waals surface area contributed by atoms with E-state index in [2.05, 4.69) is 5.32 Å². The van der Waals surface area contributed by atoms with Gasteiger partial charge in [0.05, 0.1) is 14.2 Å². The number of carbonyl (C=O) groups excluding carboxylic acids is 2. The van der Waals surface area contributed by atoms with Crippen LogP contribution in [0.25, 0.3) is 0 Å². The van der Waals surface area contributed by atoms with E-state index in [-0.39, 0.29) is 17.8 Å². The Balaban J connectivity index is 0.00000180. The third-order valence-electron chi connectivity index (χ3n) is 4.64. The van der Waals surface area contributed by atoms with Gasteiger partial charge < -0.3 is 14.8 Å². The van der Waals surface area contributed by atoms with Crippen molar-refractivity contribution < 1.29 is 19.1 Å². The quantitative estimate of drug-likeness (QED) is 0.613. The summed E-state index contributed by atoms with van der Waals surface area (Å²) in [4.78, 5) is 24.5. The van der Waals surface area contributed by atoms with Crippen LogP contribution in [-0.4, -0.2) is 39.2 Å². The van der Waals surface area contributed by atoms with Crippen LogP contribution in [0.4, 0.5) is 0 Å². The summed E-state index contributed by atoms with van der Waals surface area (Å²) in [5.74, 6) is -0.914. The van der Waals surface area contributed by atoms with Gasteiger partial charge in [-0.1, -0.05) is 19.3 Å². The lowest BCUT2D eigenvalue weighted by Gasteiger charge is -2.43. The van der Waals surface area contributed by atoms with Crippen molar-refractivity contribution in [3.05, 3.63) is 0 Å². The maximum atomic E-state index is 12.2. The minimum Gasteiger partial charge on any atom is -0.468 e. The fourth-order valence-electron chi connectivity index (χ4n) is 3.67. The predicted octanol–water partition coefficient (Wildman–Crippen LogP) is 1.29. The van der Waals surface area contributed by atoms with Gasteiger partial charge in [-0.2, -0.15) is 0 Å². The first-order valence-electron chi connectivity index (χ1n) is 6.50. The van der Waals surface area contributed by atoms with Gasteiger partial charge in [0.2, 0.25) is 0 Å². The van der Waals surface area contributed by atoms with Gasteiger partial charge in [0.25, 0.3) is 0 Å². The molecule has 0 amide bonds. The number of carbonyl (C=O) groups is 2.